The second kappa shape index (κ2) is 11.8. The molecule has 0 aliphatic heterocycles. The Morgan fingerprint density at radius 1 is 1.00 bits per heavy atom. The van der Waals surface area contributed by atoms with E-state index < -0.39 is 6.04 Å². The molecule has 0 unspecified atom stereocenters. The van der Waals surface area contributed by atoms with Gasteiger partial charge in [-0.2, -0.15) is 0 Å². The van der Waals surface area contributed by atoms with Crippen molar-refractivity contribution in [3.63, 3.8) is 0 Å². The molecule has 0 fully saturated rings. The van der Waals surface area contributed by atoms with Crippen molar-refractivity contribution in [2.24, 2.45) is 0 Å². The first kappa shape index (κ1) is 25.6. The quantitative estimate of drug-likeness (QED) is 0.504. The van der Waals surface area contributed by atoms with E-state index in [4.69, 9.17) is 0 Å². The van der Waals surface area contributed by atoms with Crippen LogP contribution in [0.15, 0.2) is 48.5 Å². The van der Waals surface area contributed by atoms with Gasteiger partial charge in [-0.1, -0.05) is 70.5 Å². The van der Waals surface area contributed by atoms with Crippen LogP contribution in [0.25, 0.3) is 0 Å². The zero-order valence-corrected chi connectivity index (χ0v) is 20.1. The summed E-state index contributed by atoms with van der Waals surface area (Å²) in [5.74, 6) is -0.577. The summed E-state index contributed by atoms with van der Waals surface area (Å²) in [6.45, 7) is 11.2. The van der Waals surface area contributed by atoms with Gasteiger partial charge < -0.3 is 10.2 Å². The summed E-state index contributed by atoms with van der Waals surface area (Å²) in [6, 6.07) is 13.8. The number of nitrogens with one attached hydrogen (secondary N) is 1. The number of amides is 2. The molecule has 174 valence electrons. The SMILES string of the molecule is CCCCNC(=O)[C@H](C)N(Cc1ccc(F)cc1)C(=O)CCc1ccc(C(C)(C)C)cc1. The molecular weight excluding hydrogens is 403 g/mol. The van der Waals surface area contributed by atoms with Crippen LogP contribution in [-0.2, 0) is 28.0 Å². The highest BCUT2D eigenvalue weighted by Gasteiger charge is 2.25. The van der Waals surface area contributed by atoms with Crippen molar-refractivity contribution in [3.8, 4) is 0 Å². The van der Waals surface area contributed by atoms with Crippen LogP contribution in [-0.4, -0.2) is 29.3 Å². The molecule has 2 amide bonds. The lowest BCUT2D eigenvalue weighted by Gasteiger charge is -2.29. The molecule has 0 aliphatic rings. The Kier molecular flexibility index (Phi) is 9.42. The molecule has 0 heterocycles. The van der Waals surface area contributed by atoms with Gasteiger partial charge in [0.05, 0.1) is 0 Å². The number of hydrogen-bond acceptors (Lipinski definition) is 2. The molecule has 2 aromatic carbocycles. The Hall–Kier alpha value is -2.69. The van der Waals surface area contributed by atoms with E-state index in [0.29, 0.717) is 19.4 Å². The molecule has 1 N–H and O–H groups in total. The van der Waals surface area contributed by atoms with E-state index in [1.165, 1.54) is 17.7 Å². The number of rotatable bonds is 10. The largest absolute Gasteiger partial charge is 0.354 e. The molecule has 0 saturated heterocycles. The predicted molar refractivity (Wildman–Crippen MR) is 128 cm³/mol. The first-order valence-electron chi connectivity index (χ1n) is 11.5. The van der Waals surface area contributed by atoms with Crippen LogP contribution in [0, 0.1) is 5.82 Å². The monoisotopic (exact) mass is 440 g/mol. The average molecular weight is 441 g/mol. The molecule has 0 aliphatic carbocycles. The van der Waals surface area contributed by atoms with E-state index in [9.17, 15) is 14.0 Å². The van der Waals surface area contributed by atoms with Crippen molar-refractivity contribution in [1.82, 2.24) is 10.2 Å². The van der Waals surface area contributed by atoms with Gasteiger partial charge in [0.2, 0.25) is 11.8 Å². The molecule has 2 rings (SSSR count). The van der Waals surface area contributed by atoms with Gasteiger partial charge >= 0.3 is 0 Å². The van der Waals surface area contributed by atoms with E-state index in [1.54, 1.807) is 24.0 Å². The van der Waals surface area contributed by atoms with Gasteiger partial charge in [-0.05, 0) is 54.0 Å². The van der Waals surface area contributed by atoms with Crippen LogP contribution < -0.4 is 5.32 Å². The molecule has 32 heavy (non-hydrogen) atoms. The van der Waals surface area contributed by atoms with Crippen molar-refractivity contribution in [2.75, 3.05) is 6.54 Å². The Morgan fingerprint density at radius 2 is 1.59 bits per heavy atom. The fourth-order valence-electron chi connectivity index (χ4n) is 3.47. The first-order chi connectivity index (χ1) is 15.1. The normalized spacial score (nSPS) is 12.3. The summed E-state index contributed by atoms with van der Waals surface area (Å²) < 4.78 is 13.3. The molecule has 0 aromatic heterocycles. The Labute approximate surface area is 192 Å². The van der Waals surface area contributed by atoms with Gasteiger partial charge in [-0.25, -0.2) is 4.39 Å². The van der Waals surface area contributed by atoms with Crippen LogP contribution in [0.4, 0.5) is 4.39 Å². The summed E-state index contributed by atoms with van der Waals surface area (Å²) >= 11 is 0. The maximum atomic E-state index is 13.3. The highest BCUT2D eigenvalue weighted by molar-refractivity contribution is 5.87. The highest BCUT2D eigenvalue weighted by Crippen LogP contribution is 2.22. The molecule has 4 nitrogen and oxygen atoms in total. The van der Waals surface area contributed by atoms with Crippen molar-refractivity contribution < 1.29 is 14.0 Å². The Balaban J connectivity index is 2.09. The summed E-state index contributed by atoms with van der Waals surface area (Å²) in [6.07, 6.45) is 2.80. The van der Waals surface area contributed by atoms with Crippen LogP contribution in [0.1, 0.15) is 70.6 Å². The lowest BCUT2D eigenvalue weighted by atomic mass is 9.86. The van der Waals surface area contributed by atoms with Crippen molar-refractivity contribution in [1.29, 1.82) is 0 Å². The fraction of sp³-hybridized carbons (Fsp3) is 0.481. The molecular formula is C27H37FN2O2. The molecule has 0 saturated carbocycles. The fourth-order valence-corrected chi connectivity index (χ4v) is 3.47. The van der Waals surface area contributed by atoms with Gasteiger partial charge in [0.15, 0.2) is 0 Å². The number of nitrogens with zero attached hydrogens (tertiary/aromatic N) is 1. The Bertz CT molecular complexity index is 870. The van der Waals surface area contributed by atoms with Crippen LogP contribution >= 0.6 is 0 Å². The zero-order valence-electron chi connectivity index (χ0n) is 20.1. The molecule has 0 spiro atoms. The third kappa shape index (κ3) is 7.77. The number of halogens is 1. The first-order valence-corrected chi connectivity index (χ1v) is 11.5. The van der Waals surface area contributed by atoms with Crippen LogP contribution in [0.3, 0.4) is 0 Å². The molecule has 2 aromatic rings. The predicted octanol–water partition coefficient (Wildman–Crippen LogP) is 5.39. The van der Waals surface area contributed by atoms with E-state index in [-0.39, 0.29) is 29.6 Å². The van der Waals surface area contributed by atoms with Crippen LogP contribution in [0.5, 0.6) is 0 Å². The maximum Gasteiger partial charge on any atom is 0.242 e. The number of benzene rings is 2. The summed E-state index contributed by atoms with van der Waals surface area (Å²) in [4.78, 5) is 27.4. The molecule has 0 bridgehead atoms. The molecule has 5 heteroatoms. The lowest BCUT2D eigenvalue weighted by Crippen LogP contribution is -2.47. The Morgan fingerprint density at radius 3 is 2.16 bits per heavy atom. The third-order valence-electron chi connectivity index (χ3n) is 5.71. The van der Waals surface area contributed by atoms with Gasteiger partial charge in [0.25, 0.3) is 0 Å². The van der Waals surface area contributed by atoms with E-state index >= 15 is 0 Å². The number of unbranched alkanes of at least 4 members (excludes halogenated alkanes) is 1. The minimum absolute atomic E-state index is 0.0842. The van der Waals surface area contributed by atoms with Gasteiger partial charge in [0, 0.05) is 19.5 Å². The smallest absolute Gasteiger partial charge is 0.242 e. The molecule has 1 atom stereocenters. The second-order valence-electron chi connectivity index (χ2n) is 9.42. The van der Waals surface area contributed by atoms with Crippen molar-refractivity contribution >= 4 is 11.8 Å². The molecule has 0 radical (unpaired) electrons. The minimum atomic E-state index is -0.604. The third-order valence-corrected chi connectivity index (χ3v) is 5.71. The topological polar surface area (TPSA) is 49.4 Å². The number of hydrogen-bond donors (Lipinski definition) is 1. The summed E-state index contributed by atoms with van der Waals surface area (Å²) in [5, 5.41) is 2.91. The average Bonchev–Trinajstić information content (AvgIpc) is 2.76. The maximum absolute atomic E-state index is 13.3. The van der Waals surface area contributed by atoms with Gasteiger partial charge in [-0.3, -0.25) is 9.59 Å². The minimum Gasteiger partial charge on any atom is -0.354 e. The highest BCUT2D eigenvalue weighted by atomic mass is 19.1. The van der Waals surface area contributed by atoms with Crippen molar-refractivity contribution in [3.05, 3.63) is 71.0 Å². The van der Waals surface area contributed by atoms with Crippen LogP contribution in [0.2, 0.25) is 0 Å². The number of carbonyl (C=O) groups is 2. The second-order valence-corrected chi connectivity index (χ2v) is 9.42. The standard InChI is InChI=1S/C27H37FN2O2/c1-6-7-18-29-26(32)20(2)30(19-22-10-15-24(28)16-11-22)25(31)17-12-21-8-13-23(14-9-21)27(3,4)5/h8-11,13-16,20H,6-7,12,17-19H2,1-5H3,(H,29,32)/t20-/m0/s1. The van der Waals surface area contributed by atoms with Gasteiger partial charge in [0.1, 0.15) is 11.9 Å². The zero-order chi connectivity index (χ0) is 23.7. The number of aryl methyl sites for hydroxylation is 1. The number of carbonyl (C=O) groups excluding carboxylic acids is 2. The lowest BCUT2D eigenvalue weighted by molar-refractivity contribution is -0.140. The summed E-state index contributed by atoms with van der Waals surface area (Å²) in [5.41, 5.74) is 3.22. The van der Waals surface area contributed by atoms with E-state index in [2.05, 4.69) is 57.3 Å². The van der Waals surface area contributed by atoms with E-state index in [0.717, 1.165) is 24.0 Å². The summed E-state index contributed by atoms with van der Waals surface area (Å²) in [7, 11) is 0. The van der Waals surface area contributed by atoms with Gasteiger partial charge in [-0.15, -0.1) is 0 Å². The van der Waals surface area contributed by atoms with Crippen molar-refractivity contribution in [2.45, 2.75) is 78.3 Å². The van der Waals surface area contributed by atoms with E-state index in [1.807, 2.05) is 0 Å².